The third kappa shape index (κ3) is 3.52. The predicted octanol–water partition coefficient (Wildman–Crippen LogP) is 3.64. The minimum absolute atomic E-state index is 0.157. The van der Waals surface area contributed by atoms with E-state index in [4.69, 9.17) is 15.3 Å². The van der Waals surface area contributed by atoms with Gasteiger partial charge in [0, 0.05) is 21.1 Å². The Morgan fingerprint density at radius 3 is 2.35 bits per heavy atom. The van der Waals surface area contributed by atoms with Gasteiger partial charge in [-0.15, -0.1) is 0 Å². The summed E-state index contributed by atoms with van der Waals surface area (Å²) in [6.07, 6.45) is -1.20. The first-order chi connectivity index (χ1) is 12.3. The zero-order chi connectivity index (χ0) is 18.8. The molecule has 5 N–H and O–H groups in total. The molecule has 26 heavy (non-hydrogen) atoms. The molecule has 0 radical (unpaired) electrons. The molecule has 2 aromatic carbocycles. The molecule has 0 aliphatic rings. The summed E-state index contributed by atoms with van der Waals surface area (Å²) in [7, 11) is 0. The summed E-state index contributed by atoms with van der Waals surface area (Å²) in [6, 6.07) is 10.9. The highest BCUT2D eigenvalue weighted by Crippen LogP contribution is 2.33. The van der Waals surface area contributed by atoms with Crippen LogP contribution in [0, 0.1) is 0 Å². The van der Waals surface area contributed by atoms with Crippen LogP contribution in [-0.4, -0.2) is 23.0 Å². The van der Waals surface area contributed by atoms with E-state index in [-0.39, 0.29) is 17.0 Å². The number of primary amides is 1. The second-order valence-corrected chi connectivity index (χ2v) is 6.19. The Labute approximate surface area is 155 Å². The molecule has 0 aliphatic heterocycles. The fourth-order valence-corrected chi connectivity index (χ4v) is 2.74. The minimum Gasteiger partial charge on any atom is -0.465 e. The van der Waals surface area contributed by atoms with E-state index in [0.29, 0.717) is 16.7 Å². The number of carbonyl (C=O) groups excluding carboxylic acids is 2. The average molecular weight is 418 g/mol. The maximum absolute atomic E-state index is 12.5. The standard InChI is InChI=1S/C17H12BrN3O5/c18-9-3-6-12-11(7-9)13(14(26-12)15(19)22)21-16(23)8-1-4-10(5-2-8)20-17(24)25/h1-7,20H,(H2,19,22)(H,21,23)(H,24,25). The van der Waals surface area contributed by atoms with Gasteiger partial charge in [-0.1, -0.05) is 15.9 Å². The molecule has 0 unspecified atom stereocenters. The molecule has 0 atom stereocenters. The van der Waals surface area contributed by atoms with Crippen molar-refractivity contribution in [2.45, 2.75) is 0 Å². The molecule has 8 nitrogen and oxygen atoms in total. The average Bonchev–Trinajstić information content (AvgIpc) is 2.93. The summed E-state index contributed by atoms with van der Waals surface area (Å²) >= 11 is 3.33. The van der Waals surface area contributed by atoms with E-state index in [9.17, 15) is 14.4 Å². The molecule has 0 saturated heterocycles. The van der Waals surface area contributed by atoms with Gasteiger partial charge in [-0.3, -0.25) is 14.9 Å². The molecule has 3 aromatic rings. The summed E-state index contributed by atoms with van der Waals surface area (Å²) < 4.78 is 6.17. The van der Waals surface area contributed by atoms with Crippen molar-refractivity contribution in [2.75, 3.05) is 10.6 Å². The van der Waals surface area contributed by atoms with Crippen LogP contribution < -0.4 is 16.4 Å². The summed E-state index contributed by atoms with van der Waals surface area (Å²) in [5.41, 5.74) is 6.50. The summed E-state index contributed by atoms with van der Waals surface area (Å²) in [5.74, 6) is -1.47. The maximum Gasteiger partial charge on any atom is 0.409 e. The SMILES string of the molecule is NC(=O)c1oc2ccc(Br)cc2c1NC(=O)c1ccc(NC(=O)O)cc1. The maximum atomic E-state index is 12.5. The van der Waals surface area contributed by atoms with E-state index in [0.717, 1.165) is 4.47 Å². The van der Waals surface area contributed by atoms with Crippen LogP contribution in [0.15, 0.2) is 51.4 Å². The lowest BCUT2D eigenvalue weighted by atomic mass is 10.1. The van der Waals surface area contributed by atoms with Gasteiger partial charge in [-0.25, -0.2) is 4.79 Å². The fraction of sp³-hybridized carbons (Fsp3) is 0. The highest BCUT2D eigenvalue weighted by atomic mass is 79.9. The van der Waals surface area contributed by atoms with E-state index < -0.39 is 17.9 Å². The van der Waals surface area contributed by atoms with Crippen molar-refractivity contribution in [2.24, 2.45) is 5.73 Å². The predicted molar refractivity (Wildman–Crippen MR) is 98.5 cm³/mol. The minimum atomic E-state index is -1.20. The molecule has 9 heteroatoms. The van der Waals surface area contributed by atoms with Crippen LogP contribution in [0.3, 0.4) is 0 Å². The first kappa shape index (κ1) is 17.5. The molecule has 3 rings (SSSR count). The third-order valence-corrected chi connectivity index (χ3v) is 4.00. The number of hydrogen-bond donors (Lipinski definition) is 4. The topological polar surface area (TPSA) is 135 Å². The molecular formula is C17H12BrN3O5. The van der Waals surface area contributed by atoms with Crippen molar-refractivity contribution in [1.29, 1.82) is 0 Å². The first-order valence-electron chi connectivity index (χ1n) is 7.28. The zero-order valence-electron chi connectivity index (χ0n) is 13.1. The molecule has 0 aliphatic carbocycles. The Morgan fingerprint density at radius 2 is 1.73 bits per heavy atom. The lowest BCUT2D eigenvalue weighted by Crippen LogP contribution is -2.17. The van der Waals surface area contributed by atoms with Crippen LogP contribution in [0.2, 0.25) is 0 Å². The number of anilines is 2. The Bertz CT molecular complexity index is 1030. The van der Waals surface area contributed by atoms with Crippen LogP contribution in [0.4, 0.5) is 16.2 Å². The van der Waals surface area contributed by atoms with E-state index >= 15 is 0 Å². The quantitative estimate of drug-likeness (QED) is 0.513. The summed E-state index contributed by atoms with van der Waals surface area (Å²) in [4.78, 5) is 34.7. The van der Waals surface area contributed by atoms with Gasteiger partial charge < -0.3 is 20.6 Å². The molecule has 1 heterocycles. The van der Waals surface area contributed by atoms with Crippen LogP contribution in [0.1, 0.15) is 20.9 Å². The van der Waals surface area contributed by atoms with Crippen LogP contribution >= 0.6 is 15.9 Å². The van der Waals surface area contributed by atoms with E-state index in [1.165, 1.54) is 24.3 Å². The molecular weight excluding hydrogens is 406 g/mol. The van der Waals surface area contributed by atoms with Crippen molar-refractivity contribution in [1.82, 2.24) is 0 Å². The van der Waals surface area contributed by atoms with Gasteiger partial charge in [0.2, 0.25) is 5.76 Å². The van der Waals surface area contributed by atoms with Gasteiger partial charge in [-0.05, 0) is 42.5 Å². The smallest absolute Gasteiger partial charge is 0.409 e. The number of halogens is 1. The van der Waals surface area contributed by atoms with Gasteiger partial charge in [0.25, 0.3) is 11.8 Å². The monoisotopic (exact) mass is 417 g/mol. The highest BCUT2D eigenvalue weighted by Gasteiger charge is 2.21. The third-order valence-electron chi connectivity index (χ3n) is 3.51. The number of fused-ring (bicyclic) bond motifs is 1. The number of hydrogen-bond acceptors (Lipinski definition) is 4. The fourth-order valence-electron chi connectivity index (χ4n) is 2.38. The number of carboxylic acid groups (broad SMARTS) is 1. The van der Waals surface area contributed by atoms with E-state index in [2.05, 4.69) is 26.6 Å². The lowest BCUT2D eigenvalue weighted by Gasteiger charge is -2.06. The number of furan rings is 1. The summed E-state index contributed by atoms with van der Waals surface area (Å²) in [5, 5.41) is 14.0. The van der Waals surface area contributed by atoms with Gasteiger partial charge in [0.1, 0.15) is 11.3 Å². The number of nitrogens with two attached hydrogens (primary N) is 1. The zero-order valence-corrected chi connectivity index (χ0v) is 14.7. The molecule has 3 amide bonds. The van der Waals surface area contributed by atoms with E-state index in [1.807, 2.05) is 0 Å². The Kier molecular flexibility index (Phi) is 4.63. The molecule has 0 saturated carbocycles. The Morgan fingerprint density at radius 1 is 1.04 bits per heavy atom. The normalized spacial score (nSPS) is 10.5. The second kappa shape index (κ2) is 6.89. The number of carbonyl (C=O) groups is 3. The Balaban J connectivity index is 1.93. The van der Waals surface area contributed by atoms with Gasteiger partial charge in [0.05, 0.1) is 0 Å². The molecule has 1 aromatic heterocycles. The van der Waals surface area contributed by atoms with Crippen LogP contribution in [-0.2, 0) is 0 Å². The second-order valence-electron chi connectivity index (χ2n) is 5.27. The van der Waals surface area contributed by atoms with Crippen molar-refractivity contribution in [3.05, 3.63) is 58.3 Å². The first-order valence-corrected chi connectivity index (χ1v) is 8.07. The highest BCUT2D eigenvalue weighted by molar-refractivity contribution is 9.10. The number of rotatable bonds is 4. The van der Waals surface area contributed by atoms with Crippen molar-refractivity contribution in [3.8, 4) is 0 Å². The largest absolute Gasteiger partial charge is 0.465 e. The van der Waals surface area contributed by atoms with Gasteiger partial charge in [-0.2, -0.15) is 0 Å². The molecule has 132 valence electrons. The molecule has 0 bridgehead atoms. The Hall–Kier alpha value is -3.33. The molecule has 0 spiro atoms. The molecule has 0 fully saturated rings. The number of benzene rings is 2. The van der Waals surface area contributed by atoms with Gasteiger partial charge in [0.15, 0.2) is 0 Å². The number of amides is 3. The lowest BCUT2D eigenvalue weighted by molar-refractivity contribution is 0.0977. The van der Waals surface area contributed by atoms with Crippen molar-refractivity contribution < 1.29 is 23.9 Å². The van der Waals surface area contributed by atoms with E-state index in [1.54, 1.807) is 18.2 Å². The summed E-state index contributed by atoms with van der Waals surface area (Å²) in [6.45, 7) is 0. The van der Waals surface area contributed by atoms with Crippen molar-refractivity contribution >= 4 is 56.2 Å². The number of nitrogens with one attached hydrogen (secondary N) is 2. The van der Waals surface area contributed by atoms with Gasteiger partial charge >= 0.3 is 6.09 Å². The van der Waals surface area contributed by atoms with Crippen LogP contribution in [0.5, 0.6) is 0 Å². The van der Waals surface area contributed by atoms with Crippen LogP contribution in [0.25, 0.3) is 11.0 Å². The van der Waals surface area contributed by atoms with Crippen molar-refractivity contribution in [3.63, 3.8) is 0 Å².